The zero-order chi connectivity index (χ0) is 17.8. The first-order valence-electron chi connectivity index (χ1n) is 8.13. The molecule has 1 heterocycles. The SMILES string of the molecule is CCN(Cc1nc2ccccc2c(=O)[nH]1)Cc1cc(F)ccc1OC. The Hall–Kier alpha value is -2.73. The molecule has 0 unspecified atom stereocenters. The fourth-order valence-corrected chi connectivity index (χ4v) is 2.81. The van der Waals surface area contributed by atoms with Gasteiger partial charge in [-0.1, -0.05) is 19.1 Å². The lowest BCUT2D eigenvalue weighted by Gasteiger charge is -2.21. The van der Waals surface area contributed by atoms with E-state index >= 15 is 0 Å². The van der Waals surface area contributed by atoms with Gasteiger partial charge in [-0.25, -0.2) is 9.37 Å². The monoisotopic (exact) mass is 341 g/mol. The van der Waals surface area contributed by atoms with Crippen molar-refractivity contribution in [3.05, 3.63) is 70.0 Å². The van der Waals surface area contributed by atoms with Crippen LogP contribution in [0, 0.1) is 5.82 Å². The molecule has 3 aromatic rings. The number of aromatic nitrogens is 2. The predicted octanol–water partition coefficient (Wildman–Crippen LogP) is 3.09. The van der Waals surface area contributed by atoms with Gasteiger partial charge >= 0.3 is 0 Å². The van der Waals surface area contributed by atoms with Crippen molar-refractivity contribution in [2.75, 3.05) is 13.7 Å². The molecule has 0 aliphatic carbocycles. The number of hydrogen-bond acceptors (Lipinski definition) is 4. The molecule has 0 atom stereocenters. The van der Waals surface area contributed by atoms with Gasteiger partial charge in [-0.2, -0.15) is 0 Å². The van der Waals surface area contributed by atoms with Crippen LogP contribution < -0.4 is 10.3 Å². The fourth-order valence-electron chi connectivity index (χ4n) is 2.81. The number of para-hydroxylation sites is 1. The van der Waals surface area contributed by atoms with Gasteiger partial charge < -0.3 is 9.72 Å². The van der Waals surface area contributed by atoms with E-state index in [1.165, 1.54) is 12.1 Å². The van der Waals surface area contributed by atoms with Crippen molar-refractivity contribution in [2.24, 2.45) is 0 Å². The van der Waals surface area contributed by atoms with E-state index in [4.69, 9.17) is 4.74 Å². The number of rotatable bonds is 6. The molecule has 0 fully saturated rings. The molecule has 130 valence electrons. The molecule has 2 aromatic carbocycles. The number of benzene rings is 2. The van der Waals surface area contributed by atoms with Gasteiger partial charge in [0, 0.05) is 12.1 Å². The Morgan fingerprint density at radius 3 is 2.76 bits per heavy atom. The molecule has 0 aliphatic heterocycles. The summed E-state index contributed by atoms with van der Waals surface area (Å²) >= 11 is 0. The van der Waals surface area contributed by atoms with E-state index in [2.05, 4.69) is 14.9 Å². The summed E-state index contributed by atoms with van der Waals surface area (Å²) < 4.78 is 18.9. The second kappa shape index (κ2) is 7.44. The Morgan fingerprint density at radius 2 is 2.00 bits per heavy atom. The van der Waals surface area contributed by atoms with Gasteiger partial charge in [-0.3, -0.25) is 9.69 Å². The Balaban J connectivity index is 1.86. The molecule has 0 saturated heterocycles. The minimum Gasteiger partial charge on any atom is -0.496 e. The molecule has 25 heavy (non-hydrogen) atoms. The molecule has 6 heteroatoms. The van der Waals surface area contributed by atoms with Gasteiger partial charge in [0.05, 0.1) is 24.6 Å². The zero-order valence-electron chi connectivity index (χ0n) is 14.3. The van der Waals surface area contributed by atoms with Crippen molar-refractivity contribution < 1.29 is 9.13 Å². The van der Waals surface area contributed by atoms with Crippen LogP contribution in [0.2, 0.25) is 0 Å². The van der Waals surface area contributed by atoms with Gasteiger partial charge in [-0.15, -0.1) is 0 Å². The number of nitrogens with zero attached hydrogens (tertiary/aromatic N) is 2. The average Bonchev–Trinajstić information content (AvgIpc) is 2.61. The van der Waals surface area contributed by atoms with Crippen LogP contribution in [0.1, 0.15) is 18.3 Å². The maximum absolute atomic E-state index is 13.6. The van der Waals surface area contributed by atoms with Gasteiger partial charge in [0.15, 0.2) is 0 Å². The van der Waals surface area contributed by atoms with Crippen molar-refractivity contribution in [3.63, 3.8) is 0 Å². The number of ether oxygens (including phenoxy) is 1. The second-order valence-corrected chi connectivity index (χ2v) is 5.79. The normalized spacial score (nSPS) is 11.2. The van der Waals surface area contributed by atoms with Crippen molar-refractivity contribution in [3.8, 4) is 5.75 Å². The number of nitrogens with one attached hydrogen (secondary N) is 1. The highest BCUT2D eigenvalue weighted by Gasteiger charge is 2.12. The summed E-state index contributed by atoms with van der Waals surface area (Å²) in [5.74, 6) is 0.921. The Morgan fingerprint density at radius 1 is 1.20 bits per heavy atom. The summed E-state index contributed by atoms with van der Waals surface area (Å²) in [5.41, 5.74) is 1.27. The van der Waals surface area contributed by atoms with Crippen molar-refractivity contribution >= 4 is 10.9 Å². The quantitative estimate of drug-likeness (QED) is 0.748. The zero-order valence-corrected chi connectivity index (χ0v) is 14.3. The minimum absolute atomic E-state index is 0.153. The smallest absolute Gasteiger partial charge is 0.258 e. The van der Waals surface area contributed by atoms with Crippen LogP contribution in [0.25, 0.3) is 10.9 Å². The first-order chi connectivity index (χ1) is 12.1. The predicted molar refractivity (Wildman–Crippen MR) is 95.1 cm³/mol. The second-order valence-electron chi connectivity index (χ2n) is 5.79. The molecular formula is C19H20FN3O2. The van der Waals surface area contributed by atoms with Gasteiger partial charge in [-0.05, 0) is 36.9 Å². The first-order valence-corrected chi connectivity index (χ1v) is 8.13. The van der Waals surface area contributed by atoms with Crippen LogP contribution in [0.4, 0.5) is 4.39 Å². The Bertz CT molecular complexity index is 939. The van der Waals surface area contributed by atoms with Crippen molar-refractivity contribution in [2.45, 2.75) is 20.0 Å². The van der Waals surface area contributed by atoms with Gasteiger partial charge in [0.2, 0.25) is 0 Å². The molecule has 0 aliphatic rings. The summed E-state index contributed by atoms with van der Waals surface area (Å²) in [5, 5.41) is 0.570. The van der Waals surface area contributed by atoms with Crippen LogP contribution in [-0.2, 0) is 13.1 Å². The highest BCUT2D eigenvalue weighted by molar-refractivity contribution is 5.77. The maximum Gasteiger partial charge on any atom is 0.258 e. The van der Waals surface area contributed by atoms with E-state index in [0.717, 1.165) is 12.1 Å². The molecule has 0 amide bonds. The summed E-state index contributed by atoms with van der Waals surface area (Å²) in [6, 6.07) is 11.7. The molecular weight excluding hydrogens is 321 g/mol. The first kappa shape index (κ1) is 17.1. The number of fused-ring (bicyclic) bond motifs is 1. The molecule has 1 N–H and O–H groups in total. The molecule has 3 rings (SSSR count). The summed E-state index contributed by atoms with van der Waals surface area (Å²) in [4.78, 5) is 21.6. The summed E-state index contributed by atoms with van der Waals surface area (Å²) in [7, 11) is 1.56. The lowest BCUT2D eigenvalue weighted by Crippen LogP contribution is -2.25. The number of methoxy groups -OCH3 is 1. The summed E-state index contributed by atoms with van der Waals surface area (Å²) in [6.07, 6.45) is 0. The van der Waals surface area contributed by atoms with E-state index in [-0.39, 0.29) is 11.4 Å². The van der Waals surface area contributed by atoms with E-state index < -0.39 is 0 Å². The van der Waals surface area contributed by atoms with Crippen LogP contribution in [-0.4, -0.2) is 28.5 Å². The van der Waals surface area contributed by atoms with Crippen LogP contribution >= 0.6 is 0 Å². The van der Waals surface area contributed by atoms with Gasteiger partial charge in [0.1, 0.15) is 17.4 Å². The lowest BCUT2D eigenvalue weighted by molar-refractivity contribution is 0.259. The number of H-pyrrole nitrogens is 1. The van der Waals surface area contributed by atoms with E-state index in [9.17, 15) is 9.18 Å². The Labute approximate surface area is 145 Å². The number of aromatic amines is 1. The molecule has 0 saturated carbocycles. The molecule has 0 radical (unpaired) electrons. The molecule has 5 nitrogen and oxygen atoms in total. The molecule has 1 aromatic heterocycles. The maximum atomic E-state index is 13.6. The third kappa shape index (κ3) is 3.85. The fraction of sp³-hybridized carbons (Fsp3) is 0.263. The third-order valence-electron chi connectivity index (χ3n) is 4.12. The van der Waals surface area contributed by atoms with Crippen molar-refractivity contribution in [1.82, 2.24) is 14.9 Å². The largest absolute Gasteiger partial charge is 0.496 e. The molecule has 0 spiro atoms. The van der Waals surface area contributed by atoms with Crippen LogP contribution in [0.3, 0.4) is 0 Å². The lowest BCUT2D eigenvalue weighted by atomic mass is 10.1. The Kier molecular flexibility index (Phi) is 5.09. The van der Waals surface area contributed by atoms with Crippen LogP contribution in [0.5, 0.6) is 5.75 Å². The highest BCUT2D eigenvalue weighted by Crippen LogP contribution is 2.21. The standard InChI is InChI=1S/C19H20FN3O2/c1-3-23(11-13-10-14(20)8-9-17(13)25-2)12-18-21-16-7-5-4-6-15(16)19(24)22-18/h4-10H,3,11-12H2,1-2H3,(H,21,22,24). The summed E-state index contributed by atoms with van der Waals surface area (Å²) in [6.45, 7) is 3.67. The van der Waals surface area contributed by atoms with Crippen LogP contribution in [0.15, 0.2) is 47.3 Å². The number of halogens is 1. The van der Waals surface area contributed by atoms with E-state index in [1.807, 2.05) is 25.1 Å². The third-order valence-corrected chi connectivity index (χ3v) is 4.12. The van der Waals surface area contributed by atoms with Gasteiger partial charge in [0.25, 0.3) is 5.56 Å². The molecule has 0 bridgehead atoms. The van der Waals surface area contributed by atoms with Crippen molar-refractivity contribution in [1.29, 1.82) is 0 Å². The van der Waals surface area contributed by atoms with E-state index in [1.54, 1.807) is 19.2 Å². The topological polar surface area (TPSA) is 58.2 Å². The van der Waals surface area contributed by atoms with E-state index in [0.29, 0.717) is 35.6 Å². The highest BCUT2D eigenvalue weighted by atomic mass is 19.1. The average molecular weight is 341 g/mol. The minimum atomic E-state index is -0.302. The number of hydrogen-bond donors (Lipinski definition) is 1.